The molecular weight excluding hydrogens is 292 g/mol. The second kappa shape index (κ2) is 7.83. The summed E-state index contributed by atoms with van der Waals surface area (Å²) in [5.74, 6) is 2.36. The second-order valence-electron chi connectivity index (χ2n) is 5.39. The number of hydrogen-bond acceptors (Lipinski definition) is 5. The number of nitrogens with one attached hydrogen (secondary N) is 1. The molecule has 2 aromatic rings. The van der Waals surface area contributed by atoms with Gasteiger partial charge in [0, 0.05) is 24.2 Å². The zero-order valence-corrected chi connectivity index (χ0v) is 14.2. The van der Waals surface area contributed by atoms with Gasteiger partial charge < -0.3 is 19.3 Å². The standard InChI is InChI=1S/C18H24N2O3/c1-6-7-15-8-14(9-17(21-4)18(15)22-5)10-19-11-16-12(2)20-23-13(16)3/h6,8-9,19H,1,7,10-11H2,2-5H3. The summed E-state index contributed by atoms with van der Waals surface area (Å²) in [5.41, 5.74) is 4.23. The van der Waals surface area contributed by atoms with Crippen molar-refractivity contribution < 1.29 is 14.0 Å². The molecule has 1 N–H and O–H groups in total. The Morgan fingerprint density at radius 1 is 1.22 bits per heavy atom. The van der Waals surface area contributed by atoms with Crippen LogP contribution < -0.4 is 14.8 Å². The molecule has 23 heavy (non-hydrogen) atoms. The maximum Gasteiger partial charge on any atom is 0.164 e. The average Bonchev–Trinajstić information content (AvgIpc) is 2.86. The van der Waals surface area contributed by atoms with Crippen molar-refractivity contribution in [3.8, 4) is 11.5 Å². The van der Waals surface area contributed by atoms with E-state index in [4.69, 9.17) is 14.0 Å². The lowest BCUT2D eigenvalue weighted by molar-refractivity contribution is 0.351. The molecule has 0 unspecified atom stereocenters. The summed E-state index contributed by atoms with van der Waals surface area (Å²) in [5, 5.41) is 7.39. The SMILES string of the molecule is C=CCc1cc(CNCc2c(C)noc2C)cc(OC)c1OC. The van der Waals surface area contributed by atoms with Crippen LogP contribution in [0.3, 0.4) is 0 Å². The van der Waals surface area contributed by atoms with Gasteiger partial charge in [-0.1, -0.05) is 17.3 Å². The smallest absolute Gasteiger partial charge is 0.164 e. The monoisotopic (exact) mass is 316 g/mol. The molecule has 0 saturated carbocycles. The van der Waals surface area contributed by atoms with Crippen LogP contribution in [0.25, 0.3) is 0 Å². The Hall–Kier alpha value is -2.27. The van der Waals surface area contributed by atoms with Crippen LogP contribution in [0.15, 0.2) is 29.3 Å². The van der Waals surface area contributed by atoms with Crippen LogP contribution in [0, 0.1) is 13.8 Å². The fourth-order valence-corrected chi connectivity index (χ4v) is 2.60. The predicted molar refractivity (Wildman–Crippen MR) is 90.0 cm³/mol. The summed E-state index contributed by atoms with van der Waals surface area (Å²) in [4.78, 5) is 0. The Balaban J connectivity index is 2.13. The Labute approximate surface area is 137 Å². The van der Waals surface area contributed by atoms with E-state index in [9.17, 15) is 0 Å². The third kappa shape index (κ3) is 3.93. The van der Waals surface area contributed by atoms with Gasteiger partial charge in [0.25, 0.3) is 0 Å². The highest BCUT2D eigenvalue weighted by atomic mass is 16.5. The summed E-state index contributed by atoms with van der Waals surface area (Å²) in [6.07, 6.45) is 2.59. The first-order chi connectivity index (χ1) is 11.1. The Morgan fingerprint density at radius 3 is 2.57 bits per heavy atom. The highest BCUT2D eigenvalue weighted by Crippen LogP contribution is 2.33. The minimum absolute atomic E-state index is 0.715. The molecule has 0 saturated heterocycles. The molecule has 0 amide bonds. The molecular formula is C18H24N2O3. The molecule has 2 rings (SSSR count). The molecule has 0 aliphatic carbocycles. The number of aromatic nitrogens is 1. The predicted octanol–water partition coefficient (Wildman–Crippen LogP) is 3.33. The minimum Gasteiger partial charge on any atom is -0.493 e. The summed E-state index contributed by atoms with van der Waals surface area (Å²) in [6.45, 7) is 9.11. The van der Waals surface area contributed by atoms with Gasteiger partial charge in [-0.25, -0.2) is 0 Å². The van der Waals surface area contributed by atoms with Crippen molar-refractivity contribution in [1.82, 2.24) is 10.5 Å². The lowest BCUT2D eigenvalue weighted by Crippen LogP contribution is -2.14. The minimum atomic E-state index is 0.715. The number of methoxy groups -OCH3 is 2. The van der Waals surface area contributed by atoms with Crippen LogP contribution in [0.5, 0.6) is 11.5 Å². The number of ether oxygens (including phenoxy) is 2. The second-order valence-corrected chi connectivity index (χ2v) is 5.39. The van der Waals surface area contributed by atoms with Crippen molar-refractivity contribution in [2.45, 2.75) is 33.4 Å². The van der Waals surface area contributed by atoms with E-state index in [0.717, 1.165) is 46.1 Å². The molecule has 0 aliphatic heterocycles. The van der Waals surface area contributed by atoms with E-state index in [1.165, 1.54) is 0 Å². The van der Waals surface area contributed by atoms with Crippen LogP contribution in [-0.2, 0) is 19.5 Å². The van der Waals surface area contributed by atoms with Gasteiger partial charge in [-0.2, -0.15) is 0 Å². The largest absolute Gasteiger partial charge is 0.493 e. The summed E-state index contributed by atoms with van der Waals surface area (Å²) >= 11 is 0. The number of nitrogens with zero attached hydrogens (tertiary/aromatic N) is 1. The van der Waals surface area contributed by atoms with E-state index < -0.39 is 0 Å². The van der Waals surface area contributed by atoms with Gasteiger partial charge >= 0.3 is 0 Å². The lowest BCUT2D eigenvalue weighted by atomic mass is 10.1. The number of rotatable bonds is 8. The average molecular weight is 316 g/mol. The quantitative estimate of drug-likeness (QED) is 0.757. The van der Waals surface area contributed by atoms with Gasteiger partial charge in [-0.15, -0.1) is 6.58 Å². The zero-order chi connectivity index (χ0) is 16.8. The molecule has 1 heterocycles. The summed E-state index contributed by atoms with van der Waals surface area (Å²) in [7, 11) is 3.30. The van der Waals surface area contributed by atoms with Crippen LogP contribution in [0.2, 0.25) is 0 Å². The van der Waals surface area contributed by atoms with Crippen LogP contribution in [0.4, 0.5) is 0 Å². The molecule has 0 spiro atoms. The first kappa shape index (κ1) is 17.1. The number of allylic oxidation sites excluding steroid dienone is 1. The highest BCUT2D eigenvalue weighted by molar-refractivity contribution is 5.50. The number of aryl methyl sites for hydroxylation is 2. The molecule has 1 aromatic heterocycles. The van der Waals surface area contributed by atoms with Gasteiger partial charge in [0.15, 0.2) is 11.5 Å². The van der Waals surface area contributed by atoms with E-state index in [1.807, 2.05) is 26.0 Å². The van der Waals surface area contributed by atoms with E-state index in [-0.39, 0.29) is 0 Å². The fourth-order valence-electron chi connectivity index (χ4n) is 2.60. The van der Waals surface area contributed by atoms with Gasteiger partial charge in [-0.3, -0.25) is 0 Å². The first-order valence-corrected chi connectivity index (χ1v) is 7.57. The third-order valence-corrected chi connectivity index (χ3v) is 3.79. The summed E-state index contributed by atoms with van der Waals surface area (Å²) in [6, 6.07) is 4.11. The van der Waals surface area contributed by atoms with Gasteiger partial charge in [0.1, 0.15) is 5.76 Å². The molecule has 0 aliphatic rings. The third-order valence-electron chi connectivity index (χ3n) is 3.79. The Bertz CT molecular complexity index is 658. The fraction of sp³-hybridized carbons (Fsp3) is 0.389. The maximum absolute atomic E-state index is 5.46. The van der Waals surface area contributed by atoms with Gasteiger partial charge in [-0.05, 0) is 31.9 Å². The number of hydrogen-bond donors (Lipinski definition) is 1. The van der Waals surface area contributed by atoms with Crippen LogP contribution in [0.1, 0.15) is 28.1 Å². The first-order valence-electron chi connectivity index (χ1n) is 7.57. The van der Waals surface area contributed by atoms with Crippen molar-refractivity contribution in [2.24, 2.45) is 0 Å². The van der Waals surface area contributed by atoms with Gasteiger partial charge in [0.05, 0.1) is 19.9 Å². The van der Waals surface area contributed by atoms with Crippen molar-refractivity contribution in [2.75, 3.05) is 14.2 Å². The van der Waals surface area contributed by atoms with Crippen LogP contribution >= 0.6 is 0 Å². The maximum atomic E-state index is 5.46. The van der Waals surface area contributed by atoms with Crippen molar-refractivity contribution >= 4 is 0 Å². The molecule has 0 radical (unpaired) electrons. The Morgan fingerprint density at radius 2 is 2.00 bits per heavy atom. The topological polar surface area (TPSA) is 56.5 Å². The van der Waals surface area contributed by atoms with Crippen molar-refractivity contribution in [3.05, 3.63) is 52.9 Å². The van der Waals surface area contributed by atoms with Crippen molar-refractivity contribution in [3.63, 3.8) is 0 Å². The number of benzene rings is 1. The lowest BCUT2D eigenvalue weighted by Gasteiger charge is -2.15. The molecule has 124 valence electrons. The highest BCUT2D eigenvalue weighted by Gasteiger charge is 2.12. The van der Waals surface area contributed by atoms with E-state index in [0.29, 0.717) is 13.1 Å². The molecule has 1 aromatic carbocycles. The molecule has 5 heteroatoms. The molecule has 5 nitrogen and oxygen atoms in total. The zero-order valence-electron chi connectivity index (χ0n) is 14.2. The molecule has 0 fully saturated rings. The van der Waals surface area contributed by atoms with Crippen LogP contribution in [-0.4, -0.2) is 19.4 Å². The van der Waals surface area contributed by atoms with E-state index in [1.54, 1.807) is 14.2 Å². The van der Waals surface area contributed by atoms with Gasteiger partial charge in [0.2, 0.25) is 0 Å². The normalized spacial score (nSPS) is 10.6. The van der Waals surface area contributed by atoms with E-state index in [2.05, 4.69) is 23.1 Å². The van der Waals surface area contributed by atoms with Crippen molar-refractivity contribution in [1.29, 1.82) is 0 Å². The molecule has 0 atom stereocenters. The van der Waals surface area contributed by atoms with E-state index >= 15 is 0 Å². The molecule has 0 bridgehead atoms. The summed E-state index contributed by atoms with van der Waals surface area (Å²) < 4.78 is 16.1. The Kier molecular flexibility index (Phi) is 5.82.